The molecule has 2 heteroatoms. The van der Waals surface area contributed by atoms with Crippen LogP contribution in [0.3, 0.4) is 0 Å². The molecule has 0 radical (unpaired) electrons. The topological polar surface area (TPSA) is 46.2 Å². The van der Waals surface area contributed by atoms with Crippen LogP contribution in [0.4, 0.5) is 0 Å². The van der Waals surface area contributed by atoms with E-state index in [0.717, 1.165) is 31.6 Å². The Hall–Kier alpha value is -0.340. The van der Waals surface area contributed by atoms with Crippen molar-refractivity contribution in [3.8, 4) is 0 Å². The van der Waals surface area contributed by atoms with Crippen LogP contribution in [0.1, 0.15) is 127 Å². The Kier molecular flexibility index (Phi) is 6.35. The molecule has 3 N–H and O–H groups in total. The molecule has 0 amide bonds. The van der Waals surface area contributed by atoms with Gasteiger partial charge in [-0.25, -0.2) is 0 Å². The van der Waals surface area contributed by atoms with E-state index in [0.29, 0.717) is 23.2 Å². The van der Waals surface area contributed by atoms with Crippen molar-refractivity contribution in [2.24, 2.45) is 56.5 Å². The summed E-state index contributed by atoms with van der Waals surface area (Å²) in [5, 5.41) is 12.0. The minimum absolute atomic E-state index is 0.00260. The lowest BCUT2D eigenvalue weighted by molar-refractivity contribution is -0.202. The van der Waals surface area contributed by atoms with E-state index in [1.807, 2.05) is 0 Å². The quantitative estimate of drug-likeness (QED) is 0.406. The Bertz CT molecular complexity index is 821. The molecule has 0 aromatic heterocycles. The summed E-state index contributed by atoms with van der Waals surface area (Å²) in [5.41, 5.74) is 9.69. The van der Waals surface area contributed by atoms with Crippen LogP contribution in [0.2, 0.25) is 0 Å². The van der Waals surface area contributed by atoms with E-state index in [2.05, 4.69) is 75.3 Å². The Morgan fingerprint density at radius 1 is 1.09 bits per heavy atom. The average molecular weight is 472 g/mol. The van der Waals surface area contributed by atoms with Gasteiger partial charge in [-0.2, -0.15) is 0 Å². The van der Waals surface area contributed by atoms with Gasteiger partial charge in [0.15, 0.2) is 0 Å². The summed E-state index contributed by atoms with van der Waals surface area (Å²) in [4.78, 5) is 0. The van der Waals surface area contributed by atoms with Gasteiger partial charge in [0.05, 0.1) is 6.10 Å². The van der Waals surface area contributed by atoms with Crippen LogP contribution in [-0.4, -0.2) is 16.7 Å². The van der Waals surface area contributed by atoms with E-state index in [1.165, 1.54) is 32.1 Å². The van der Waals surface area contributed by atoms with Crippen molar-refractivity contribution in [1.82, 2.24) is 0 Å². The molecule has 0 saturated heterocycles. The highest BCUT2D eigenvalue weighted by Crippen LogP contribution is 2.75. The van der Waals surface area contributed by atoms with Gasteiger partial charge in [0.2, 0.25) is 0 Å². The maximum absolute atomic E-state index is 12.0. The number of aliphatic hydroxyl groups is 1. The third kappa shape index (κ3) is 3.47. The smallest absolute Gasteiger partial charge is 0.0608 e. The molecule has 0 aromatic carbocycles. The molecule has 0 aliphatic heterocycles. The second kappa shape index (κ2) is 8.08. The van der Waals surface area contributed by atoms with Crippen molar-refractivity contribution in [3.05, 3.63) is 11.6 Å². The Labute approximate surface area is 211 Å². The van der Waals surface area contributed by atoms with E-state index in [-0.39, 0.29) is 33.3 Å². The molecule has 3 saturated carbocycles. The van der Waals surface area contributed by atoms with Crippen molar-refractivity contribution in [1.29, 1.82) is 0 Å². The van der Waals surface area contributed by atoms with Gasteiger partial charge in [0.1, 0.15) is 0 Å². The van der Waals surface area contributed by atoms with E-state index in [1.54, 1.807) is 5.57 Å². The van der Waals surface area contributed by atoms with Gasteiger partial charge in [-0.05, 0) is 90.3 Å². The molecule has 5 unspecified atom stereocenters. The second-order valence-electron chi connectivity index (χ2n) is 15.9. The third-order valence-electron chi connectivity index (χ3n) is 13.6. The van der Waals surface area contributed by atoms with E-state index >= 15 is 0 Å². The first-order valence-corrected chi connectivity index (χ1v) is 14.6. The second-order valence-corrected chi connectivity index (χ2v) is 15.9. The zero-order chi connectivity index (χ0) is 25.5. The highest BCUT2D eigenvalue weighted by molar-refractivity contribution is 5.32. The lowest BCUT2D eigenvalue weighted by Crippen LogP contribution is -2.68. The Morgan fingerprint density at radius 2 is 1.74 bits per heavy atom. The molecule has 4 rings (SSSR count). The zero-order valence-electron chi connectivity index (χ0n) is 24.4. The number of hydrogen-bond acceptors (Lipinski definition) is 2. The monoisotopic (exact) mass is 471 g/mol. The summed E-state index contributed by atoms with van der Waals surface area (Å²) in [6.07, 6.45) is 12.8. The molecular formula is C32H57NO. The number of allylic oxidation sites excluding steroid dienone is 2. The molecule has 9 atom stereocenters. The minimum atomic E-state index is -0.261. The summed E-state index contributed by atoms with van der Waals surface area (Å²) in [6.45, 7) is 24.4. The molecule has 34 heavy (non-hydrogen) atoms. The zero-order valence-corrected chi connectivity index (χ0v) is 24.4. The maximum atomic E-state index is 12.0. The first-order chi connectivity index (χ1) is 15.4. The van der Waals surface area contributed by atoms with Gasteiger partial charge in [-0.3, -0.25) is 0 Å². The van der Waals surface area contributed by atoms with Gasteiger partial charge >= 0.3 is 0 Å². The van der Waals surface area contributed by atoms with Crippen LogP contribution in [0.5, 0.6) is 0 Å². The van der Waals surface area contributed by atoms with Gasteiger partial charge in [-0.1, -0.05) is 93.7 Å². The van der Waals surface area contributed by atoms with Crippen LogP contribution in [0, 0.1) is 50.7 Å². The van der Waals surface area contributed by atoms with Crippen LogP contribution in [-0.2, 0) is 0 Å². The van der Waals surface area contributed by atoms with Crippen molar-refractivity contribution in [3.63, 3.8) is 0 Å². The van der Waals surface area contributed by atoms with Gasteiger partial charge < -0.3 is 10.8 Å². The first kappa shape index (κ1) is 26.7. The molecule has 0 spiro atoms. The molecule has 196 valence electrons. The van der Waals surface area contributed by atoms with Crippen molar-refractivity contribution < 1.29 is 5.11 Å². The summed E-state index contributed by atoms with van der Waals surface area (Å²) >= 11 is 0. The fraction of sp³-hybridized carbons (Fsp3) is 0.938. The predicted octanol–water partition coefficient (Wildman–Crippen LogP) is 8.13. The standard InChI is InChI=1S/C32H57NO/c1-21(27(3,4)5)12-11-17-32(33)19-18-29(8)25-16-15-23-24(14-13-22(2)28(23,6)7)31(25,10)26(34)20-30(29,32)9/h15,21-22,24-26,34H,11-14,16-20,33H2,1-10H3/t21?,22?,24-,25?,26-,29+,30?,31?,32-/m1/s1. The summed E-state index contributed by atoms with van der Waals surface area (Å²) < 4.78 is 0. The summed E-state index contributed by atoms with van der Waals surface area (Å²) in [7, 11) is 0. The van der Waals surface area contributed by atoms with Crippen molar-refractivity contribution in [2.45, 2.75) is 139 Å². The molecule has 2 nitrogen and oxygen atoms in total. The maximum Gasteiger partial charge on any atom is 0.0608 e. The highest BCUT2D eigenvalue weighted by atomic mass is 16.3. The van der Waals surface area contributed by atoms with Crippen molar-refractivity contribution >= 4 is 0 Å². The number of nitrogens with two attached hydrogens (primary N) is 1. The Morgan fingerprint density at radius 3 is 2.35 bits per heavy atom. The van der Waals surface area contributed by atoms with Gasteiger partial charge in [0, 0.05) is 11.0 Å². The molecule has 4 aliphatic rings. The molecule has 4 aliphatic carbocycles. The van der Waals surface area contributed by atoms with Crippen LogP contribution >= 0.6 is 0 Å². The van der Waals surface area contributed by atoms with E-state index < -0.39 is 0 Å². The highest BCUT2D eigenvalue weighted by Gasteiger charge is 2.72. The van der Waals surface area contributed by atoms with Gasteiger partial charge in [-0.15, -0.1) is 0 Å². The lowest BCUT2D eigenvalue weighted by Gasteiger charge is -2.68. The molecule has 3 fully saturated rings. The fourth-order valence-electron chi connectivity index (χ4n) is 9.63. The fourth-order valence-corrected chi connectivity index (χ4v) is 9.63. The van der Waals surface area contributed by atoms with E-state index in [4.69, 9.17) is 5.73 Å². The van der Waals surface area contributed by atoms with Crippen molar-refractivity contribution in [2.75, 3.05) is 0 Å². The normalized spacial score (nSPS) is 49.0. The lowest BCUT2D eigenvalue weighted by atomic mass is 9.37. The number of rotatable bonds is 4. The van der Waals surface area contributed by atoms with Gasteiger partial charge in [0.25, 0.3) is 0 Å². The van der Waals surface area contributed by atoms with Crippen LogP contribution < -0.4 is 5.73 Å². The van der Waals surface area contributed by atoms with Crippen LogP contribution in [0.25, 0.3) is 0 Å². The third-order valence-corrected chi connectivity index (χ3v) is 13.6. The van der Waals surface area contributed by atoms with Crippen LogP contribution in [0.15, 0.2) is 11.6 Å². The Balaban J connectivity index is 1.64. The first-order valence-electron chi connectivity index (χ1n) is 14.6. The summed E-state index contributed by atoms with van der Waals surface area (Å²) in [5.74, 6) is 2.46. The molecule has 0 aromatic rings. The van der Waals surface area contributed by atoms with E-state index in [9.17, 15) is 5.11 Å². The molecule has 0 heterocycles. The summed E-state index contributed by atoms with van der Waals surface area (Å²) in [6, 6.07) is 0. The largest absolute Gasteiger partial charge is 0.393 e. The minimum Gasteiger partial charge on any atom is -0.393 e. The SMILES string of the molecule is CC(CCC[C@@]1(N)CC[C@@]2(C)C3CC=C4[C@@H](CCC(C)C4(C)C)C3(C)[C@H](O)CC12C)C(C)(C)C. The molecule has 0 bridgehead atoms. The predicted molar refractivity (Wildman–Crippen MR) is 145 cm³/mol. The number of fused-ring (bicyclic) bond motifs is 5. The average Bonchev–Trinajstić information content (AvgIpc) is 2.92. The number of hydrogen-bond donors (Lipinski definition) is 2. The molecular weight excluding hydrogens is 414 g/mol. The number of aliphatic hydroxyl groups excluding tert-OH is 1.